The third-order valence-electron chi connectivity index (χ3n) is 3.36. The smallest absolute Gasteiger partial charge is 0.135 e. The summed E-state index contributed by atoms with van der Waals surface area (Å²) in [5, 5.41) is 1.20. The van der Waals surface area contributed by atoms with Crippen molar-refractivity contribution < 1.29 is 9.15 Å². The van der Waals surface area contributed by atoms with Crippen molar-refractivity contribution in [3.05, 3.63) is 65.9 Å². The second kappa shape index (κ2) is 6.83. The topological polar surface area (TPSA) is 22.4 Å². The van der Waals surface area contributed by atoms with Crippen molar-refractivity contribution in [2.45, 2.75) is 17.1 Å². The van der Waals surface area contributed by atoms with Gasteiger partial charge in [0.2, 0.25) is 0 Å². The summed E-state index contributed by atoms with van der Waals surface area (Å²) >= 11 is 1.85. The molecule has 0 bridgehead atoms. The lowest BCUT2D eigenvalue weighted by molar-refractivity contribution is 0.197. The summed E-state index contributed by atoms with van der Waals surface area (Å²) < 4.78 is 11.0. The maximum Gasteiger partial charge on any atom is 0.135 e. The molecule has 0 aliphatic rings. The van der Waals surface area contributed by atoms with Crippen LogP contribution in [0.1, 0.15) is 11.3 Å². The van der Waals surface area contributed by atoms with Crippen molar-refractivity contribution in [2.24, 2.45) is 0 Å². The maximum absolute atomic E-state index is 5.87. The quantitative estimate of drug-likeness (QED) is 0.603. The zero-order valence-corrected chi connectivity index (χ0v) is 12.9. The Bertz CT molecular complexity index is 704. The van der Waals surface area contributed by atoms with Gasteiger partial charge in [-0.05, 0) is 23.8 Å². The van der Waals surface area contributed by atoms with E-state index in [2.05, 4.69) is 42.5 Å². The van der Waals surface area contributed by atoms with E-state index in [-0.39, 0.29) is 0 Å². The van der Waals surface area contributed by atoms with E-state index in [9.17, 15) is 0 Å². The molecule has 0 aliphatic carbocycles. The normalized spacial score (nSPS) is 11.1. The molecular weight excluding hydrogens is 280 g/mol. The van der Waals surface area contributed by atoms with Crippen molar-refractivity contribution in [3.63, 3.8) is 0 Å². The number of thioether (sulfide) groups is 1. The molecule has 2 aromatic carbocycles. The lowest BCUT2D eigenvalue weighted by Crippen LogP contribution is -1.91. The SMILES string of the molecule is COCCc1cc2c(SCc3ccccc3)cccc2o1. The zero-order valence-electron chi connectivity index (χ0n) is 12.0. The molecule has 3 rings (SSSR count). The van der Waals surface area contributed by atoms with Gasteiger partial charge in [-0.15, -0.1) is 11.8 Å². The van der Waals surface area contributed by atoms with E-state index in [1.54, 1.807) is 7.11 Å². The molecule has 108 valence electrons. The Balaban J connectivity index is 1.79. The highest BCUT2D eigenvalue weighted by molar-refractivity contribution is 7.98. The fraction of sp³-hybridized carbons (Fsp3) is 0.222. The lowest BCUT2D eigenvalue weighted by Gasteiger charge is -2.02. The summed E-state index contributed by atoms with van der Waals surface area (Å²) in [7, 11) is 1.71. The van der Waals surface area contributed by atoms with Crippen molar-refractivity contribution in [3.8, 4) is 0 Å². The first-order valence-electron chi connectivity index (χ1n) is 7.04. The molecule has 1 heterocycles. The number of hydrogen-bond donors (Lipinski definition) is 0. The summed E-state index contributed by atoms with van der Waals surface area (Å²) in [6.45, 7) is 0.687. The van der Waals surface area contributed by atoms with Crippen LogP contribution in [-0.4, -0.2) is 13.7 Å². The highest BCUT2D eigenvalue weighted by Gasteiger charge is 2.08. The molecule has 3 aromatic rings. The van der Waals surface area contributed by atoms with E-state index in [0.717, 1.165) is 23.5 Å². The van der Waals surface area contributed by atoms with Gasteiger partial charge in [0.25, 0.3) is 0 Å². The second-order valence-electron chi connectivity index (χ2n) is 4.90. The van der Waals surface area contributed by atoms with Crippen molar-refractivity contribution in [1.29, 1.82) is 0 Å². The largest absolute Gasteiger partial charge is 0.461 e. The van der Waals surface area contributed by atoms with Gasteiger partial charge in [0.05, 0.1) is 6.61 Å². The van der Waals surface area contributed by atoms with Crippen LogP contribution in [0.15, 0.2) is 63.9 Å². The molecule has 0 saturated heterocycles. The molecule has 0 aliphatic heterocycles. The third kappa shape index (κ3) is 3.49. The van der Waals surface area contributed by atoms with Crippen LogP contribution in [0, 0.1) is 0 Å². The van der Waals surface area contributed by atoms with Crippen LogP contribution >= 0.6 is 11.8 Å². The molecule has 0 atom stereocenters. The molecule has 21 heavy (non-hydrogen) atoms. The molecule has 1 aromatic heterocycles. The van der Waals surface area contributed by atoms with Gasteiger partial charge < -0.3 is 9.15 Å². The van der Waals surface area contributed by atoms with Gasteiger partial charge in [0.1, 0.15) is 11.3 Å². The Morgan fingerprint density at radius 3 is 2.71 bits per heavy atom. The number of rotatable bonds is 6. The highest BCUT2D eigenvalue weighted by atomic mass is 32.2. The average molecular weight is 298 g/mol. The van der Waals surface area contributed by atoms with Crippen molar-refractivity contribution in [2.75, 3.05) is 13.7 Å². The summed E-state index contributed by atoms with van der Waals surface area (Å²) in [5.74, 6) is 1.96. The number of methoxy groups -OCH3 is 1. The minimum atomic E-state index is 0.687. The molecule has 2 nitrogen and oxygen atoms in total. The molecular formula is C18H18O2S. The van der Waals surface area contributed by atoms with E-state index in [4.69, 9.17) is 9.15 Å². The van der Waals surface area contributed by atoms with E-state index >= 15 is 0 Å². The van der Waals surface area contributed by atoms with Gasteiger partial charge in [-0.2, -0.15) is 0 Å². The van der Waals surface area contributed by atoms with E-state index < -0.39 is 0 Å². The minimum absolute atomic E-state index is 0.687. The van der Waals surface area contributed by atoms with E-state index in [0.29, 0.717) is 6.61 Å². The summed E-state index contributed by atoms with van der Waals surface area (Å²) in [4.78, 5) is 1.27. The average Bonchev–Trinajstić information content (AvgIpc) is 2.95. The van der Waals surface area contributed by atoms with Crippen LogP contribution in [-0.2, 0) is 16.9 Å². The molecule has 0 saturated carbocycles. The first kappa shape index (κ1) is 14.2. The number of ether oxygens (including phenoxy) is 1. The second-order valence-corrected chi connectivity index (χ2v) is 5.91. The Hall–Kier alpha value is -1.71. The monoisotopic (exact) mass is 298 g/mol. The van der Waals surface area contributed by atoms with Crippen molar-refractivity contribution >= 4 is 22.7 Å². The summed E-state index contributed by atoms with van der Waals surface area (Å²) in [6.07, 6.45) is 0.813. The first-order valence-corrected chi connectivity index (χ1v) is 8.02. The number of furan rings is 1. The third-order valence-corrected chi connectivity index (χ3v) is 4.51. The summed E-state index contributed by atoms with van der Waals surface area (Å²) in [6, 6.07) is 18.9. The molecule has 0 amide bonds. The predicted molar refractivity (Wildman–Crippen MR) is 87.8 cm³/mol. The zero-order chi connectivity index (χ0) is 14.5. The van der Waals surface area contributed by atoms with Crippen LogP contribution < -0.4 is 0 Å². The molecule has 0 unspecified atom stereocenters. The van der Waals surface area contributed by atoms with Gasteiger partial charge in [-0.25, -0.2) is 0 Å². The van der Waals surface area contributed by atoms with Gasteiger partial charge in [-0.1, -0.05) is 36.4 Å². The molecule has 0 fully saturated rings. The highest BCUT2D eigenvalue weighted by Crippen LogP contribution is 2.32. The van der Waals surface area contributed by atoms with Crippen molar-refractivity contribution in [1.82, 2.24) is 0 Å². The molecule has 3 heteroatoms. The Kier molecular flexibility index (Phi) is 4.63. The number of fused-ring (bicyclic) bond motifs is 1. The minimum Gasteiger partial charge on any atom is -0.461 e. The van der Waals surface area contributed by atoms with Crippen LogP contribution in [0.5, 0.6) is 0 Å². The van der Waals surface area contributed by atoms with Gasteiger partial charge in [-0.3, -0.25) is 0 Å². The van der Waals surface area contributed by atoms with Crippen LogP contribution in [0.3, 0.4) is 0 Å². The standard InChI is InChI=1S/C18H18O2S/c1-19-11-10-15-12-16-17(20-15)8-5-9-18(16)21-13-14-6-3-2-4-7-14/h2-9,12H,10-11,13H2,1H3. The molecule has 0 N–H and O–H groups in total. The van der Waals surface area contributed by atoms with Crippen LogP contribution in [0.2, 0.25) is 0 Å². The van der Waals surface area contributed by atoms with Gasteiger partial charge in [0.15, 0.2) is 0 Å². The lowest BCUT2D eigenvalue weighted by atomic mass is 10.2. The number of benzene rings is 2. The van der Waals surface area contributed by atoms with E-state index in [1.165, 1.54) is 15.8 Å². The first-order chi connectivity index (χ1) is 10.4. The Morgan fingerprint density at radius 2 is 1.90 bits per heavy atom. The molecule has 0 spiro atoms. The number of hydrogen-bond acceptors (Lipinski definition) is 3. The van der Waals surface area contributed by atoms with Gasteiger partial charge in [0, 0.05) is 29.6 Å². The van der Waals surface area contributed by atoms with Crippen LogP contribution in [0.4, 0.5) is 0 Å². The summed E-state index contributed by atoms with van der Waals surface area (Å²) in [5.41, 5.74) is 2.29. The predicted octanol–water partition coefficient (Wildman–Crippen LogP) is 4.91. The fourth-order valence-electron chi connectivity index (χ4n) is 2.27. The maximum atomic E-state index is 5.87. The van der Waals surface area contributed by atoms with Crippen LogP contribution in [0.25, 0.3) is 11.0 Å². The Labute approximate surface area is 129 Å². The van der Waals surface area contributed by atoms with E-state index in [1.807, 2.05) is 23.9 Å². The Morgan fingerprint density at radius 1 is 1.05 bits per heavy atom. The van der Waals surface area contributed by atoms with Gasteiger partial charge >= 0.3 is 0 Å². The molecule has 0 radical (unpaired) electrons. The fourth-order valence-corrected chi connectivity index (χ4v) is 3.28.